The number of rotatable bonds is 3. The van der Waals surface area contributed by atoms with Gasteiger partial charge in [-0.3, -0.25) is 9.78 Å². The number of hydrogen-bond acceptors (Lipinski definition) is 4. The first-order valence-corrected chi connectivity index (χ1v) is 10.7. The van der Waals surface area contributed by atoms with Crippen molar-refractivity contribution >= 4 is 11.7 Å². The number of nitrogens with one attached hydrogen (secondary N) is 1. The van der Waals surface area contributed by atoms with Crippen molar-refractivity contribution in [3.8, 4) is 0 Å². The molecule has 5 rings (SSSR count). The van der Waals surface area contributed by atoms with Crippen molar-refractivity contribution in [3.05, 3.63) is 54.0 Å². The van der Waals surface area contributed by atoms with Crippen molar-refractivity contribution in [1.29, 1.82) is 0 Å². The molecule has 1 spiro atoms. The van der Waals surface area contributed by atoms with E-state index in [0.717, 1.165) is 51.0 Å². The molecule has 146 valence electrons. The lowest BCUT2D eigenvalue weighted by molar-refractivity contribution is -0.123. The van der Waals surface area contributed by atoms with Gasteiger partial charge in [-0.05, 0) is 43.2 Å². The van der Waals surface area contributed by atoms with Gasteiger partial charge < -0.3 is 10.2 Å². The highest BCUT2D eigenvalue weighted by Crippen LogP contribution is 2.52. The summed E-state index contributed by atoms with van der Waals surface area (Å²) in [5.74, 6) is 1.20. The zero-order chi connectivity index (χ0) is 19.0. The summed E-state index contributed by atoms with van der Waals surface area (Å²) in [7, 11) is 0. The number of piperidine rings is 1. The summed E-state index contributed by atoms with van der Waals surface area (Å²) in [4.78, 5) is 24.1. The molecule has 1 amide bonds. The highest BCUT2D eigenvalue weighted by Gasteiger charge is 2.47. The molecule has 0 bridgehead atoms. The third-order valence-electron chi connectivity index (χ3n) is 7.11. The largest absolute Gasteiger partial charge is 0.355 e. The molecule has 2 heterocycles. The van der Waals surface area contributed by atoms with E-state index in [0.29, 0.717) is 6.04 Å². The lowest BCUT2D eigenvalue weighted by Gasteiger charge is -2.40. The van der Waals surface area contributed by atoms with Crippen LogP contribution in [0, 0.1) is 0 Å². The summed E-state index contributed by atoms with van der Waals surface area (Å²) in [6.07, 6.45) is 13.2. The van der Waals surface area contributed by atoms with Crippen LogP contribution in [0.15, 0.2) is 42.9 Å². The van der Waals surface area contributed by atoms with Crippen molar-refractivity contribution in [2.45, 2.75) is 62.3 Å². The Labute approximate surface area is 166 Å². The fourth-order valence-electron chi connectivity index (χ4n) is 5.59. The molecule has 0 radical (unpaired) electrons. The number of nitrogens with zero attached hydrogens (tertiary/aromatic N) is 3. The molecule has 2 fully saturated rings. The molecule has 1 aromatic carbocycles. The first-order chi connectivity index (χ1) is 13.8. The fraction of sp³-hybridized carbons (Fsp3) is 0.522. The second kappa shape index (κ2) is 7.19. The Hall–Kier alpha value is -2.43. The van der Waals surface area contributed by atoms with Crippen LogP contribution in [-0.2, 0) is 10.2 Å². The Kier molecular flexibility index (Phi) is 4.53. The minimum absolute atomic E-state index is 0.000123. The number of anilines is 1. The van der Waals surface area contributed by atoms with Gasteiger partial charge in [0.1, 0.15) is 5.82 Å². The summed E-state index contributed by atoms with van der Waals surface area (Å²) in [5, 5.41) is 3.35. The standard InChI is InChI=1S/C23H28N4O/c28-22(26-17-5-1-2-6-17)19-15-23(20-8-4-3-7-18(19)20)9-13-27(14-10-23)21-16-24-11-12-25-21/h3-4,7-8,11-12,16-17,19H,1-2,5-6,9-10,13-15H2,(H,26,28)/t19-/m1/s1. The van der Waals surface area contributed by atoms with E-state index in [1.54, 1.807) is 12.4 Å². The van der Waals surface area contributed by atoms with Crippen LogP contribution in [0.1, 0.15) is 62.0 Å². The molecular weight excluding hydrogens is 348 g/mol. The molecule has 1 atom stereocenters. The molecule has 5 heteroatoms. The molecule has 2 aromatic rings. The zero-order valence-electron chi connectivity index (χ0n) is 16.3. The van der Waals surface area contributed by atoms with E-state index < -0.39 is 0 Å². The third-order valence-corrected chi connectivity index (χ3v) is 7.11. The normalized spacial score (nSPS) is 23.7. The van der Waals surface area contributed by atoms with Crippen LogP contribution in [0.4, 0.5) is 5.82 Å². The Bertz CT molecular complexity index is 839. The van der Waals surface area contributed by atoms with E-state index in [9.17, 15) is 4.79 Å². The number of carbonyl (C=O) groups excluding carboxylic acids is 1. The van der Waals surface area contributed by atoms with Gasteiger partial charge in [0.2, 0.25) is 5.91 Å². The summed E-state index contributed by atoms with van der Waals surface area (Å²) in [5.41, 5.74) is 2.78. The first kappa shape index (κ1) is 17.7. The van der Waals surface area contributed by atoms with E-state index in [4.69, 9.17) is 0 Å². The summed E-state index contributed by atoms with van der Waals surface area (Å²) < 4.78 is 0. The van der Waals surface area contributed by atoms with Gasteiger partial charge in [0.15, 0.2) is 0 Å². The zero-order valence-corrected chi connectivity index (χ0v) is 16.3. The van der Waals surface area contributed by atoms with E-state index >= 15 is 0 Å². The van der Waals surface area contributed by atoms with Gasteiger partial charge in [0.05, 0.1) is 12.1 Å². The van der Waals surface area contributed by atoms with Crippen LogP contribution in [-0.4, -0.2) is 35.0 Å². The average molecular weight is 377 g/mol. The highest BCUT2D eigenvalue weighted by atomic mass is 16.2. The van der Waals surface area contributed by atoms with Crippen molar-refractivity contribution in [2.75, 3.05) is 18.0 Å². The third kappa shape index (κ3) is 3.07. The molecule has 1 saturated carbocycles. The Morgan fingerprint density at radius 1 is 1.11 bits per heavy atom. The highest BCUT2D eigenvalue weighted by molar-refractivity contribution is 5.86. The predicted molar refractivity (Wildman–Crippen MR) is 109 cm³/mol. The van der Waals surface area contributed by atoms with E-state index in [-0.39, 0.29) is 17.2 Å². The topological polar surface area (TPSA) is 58.1 Å². The first-order valence-electron chi connectivity index (χ1n) is 10.7. The molecule has 3 aliphatic rings. The van der Waals surface area contributed by atoms with Gasteiger partial charge in [-0.1, -0.05) is 37.1 Å². The van der Waals surface area contributed by atoms with Crippen LogP contribution in [0.3, 0.4) is 0 Å². The van der Waals surface area contributed by atoms with Gasteiger partial charge >= 0.3 is 0 Å². The summed E-state index contributed by atoms with van der Waals surface area (Å²) in [6, 6.07) is 9.04. The number of fused-ring (bicyclic) bond motifs is 2. The summed E-state index contributed by atoms with van der Waals surface area (Å²) in [6.45, 7) is 1.92. The van der Waals surface area contributed by atoms with Crippen LogP contribution >= 0.6 is 0 Å². The average Bonchev–Trinajstić information content (AvgIpc) is 3.36. The maximum atomic E-state index is 13.1. The predicted octanol–water partition coefficient (Wildman–Crippen LogP) is 3.56. The van der Waals surface area contributed by atoms with Gasteiger partial charge in [0, 0.05) is 36.9 Å². The van der Waals surface area contributed by atoms with Crippen molar-refractivity contribution in [2.24, 2.45) is 0 Å². The monoisotopic (exact) mass is 376 g/mol. The molecule has 28 heavy (non-hydrogen) atoms. The van der Waals surface area contributed by atoms with E-state index in [1.165, 1.54) is 24.0 Å². The molecule has 1 N–H and O–H groups in total. The molecule has 2 aliphatic carbocycles. The number of hydrogen-bond donors (Lipinski definition) is 1. The number of carbonyl (C=O) groups is 1. The molecule has 1 saturated heterocycles. The SMILES string of the molecule is O=C(NC1CCCC1)[C@@H]1CC2(CCN(c3cnccn3)CC2)c2ccccc21. The molecular formula is C23H28N4O. The van der Waals surface area contributed by atoms with Crippen molar-refractivity contribution in [1.82, 2.24) is 15.3 Å². The molecule has 1 aliphatic heterocycles. The van der Waals surface area contributed by atoms with Crippen LogP contribution < -0.4 is 10.2 Å². The number of amides is 1. The van der Waals surface area contributed by atoms with Crippen molar-refractivity contribution in [3.63, 3.8) is 0 Å². The Morgan fingerprint density at radius 3 is 2.64 bits per heavy atom. The van der Waals surface area contributed by atoms with Gasteiger partial charge in [0.25, 0.3) is 0 Å². The van der Waals surface area contributed by atoms with Gasteiger partial charge in [-0.15, -0.1) is 0 Å². The smallest absolute Gasteiger partial charge is 0.227 e. The maximum Gasteiger partial charge on any atom is 0.227 e. The second-order valence-electron chi connectivity index (χ2n) is 8.66. The van der Waals surface area contributed by atoms with Crippen LogP contribution in [0.2, 0.25) is 0 Å². The Morgan fingerprint density at radius 2 is 1.89 bits per heavy atom. The van der Waals surface area contributed by atoms with Crippen LogP contribution in [0.25, 0.3) is 0 Å². The summed E-state index contributed by atoms with van der Waals surface area (Å²) >= 11 is 0. The molecule has 5 nitrogen and oxygen atoms in total. The minimum atomic E-state index is -0.000123. The number of benzene rings is 1. The lowest BCUT2D eigenvalue weighted by Crippen LogP contribution is -2.42. The van der Waals surface area contributed by atoms with Gasteiger partial charge in [-0.2, -0.15) is 0 Å². The molecule has 1 aromatic heterocycles. The lowest BCUT2D eigenvalue weighted by atomic mass is 9.73. The van der Waals surface area contributed by atoms with E-state index in [1.807, 2.05) is 6.20 Å². The van der Waals surface area contributed by atoms with Crippen molar-refractivity contribution < 1.29 is 4.79 Å². The second-order valence-corrected chi connectivity index (χ2v) is 8.66. The molecule has 0 unspecified atom stereocenters. The number of aromatic nitrogens is 2. The van der Waals surface area contributed by atoms with Gasteiger partial charge in [-0.25, -0.2) is 4.98 Å². The van der Waals surface area contributed by atoms with Crippen LogP contribution in [0.5, 0.6) is 0 Å². The minimum Gasteiger partial charge on any atom is -0.355 e. The fourth-order valence-corrected chi connectivity index (χ4v) is 5.59. The maximum absolute atomic E-state index is 13.1. The van der Waals surface area contributed by atoms with E-state index in [2.05, 4.69) is 44.5 Å². The Balaban J connectivity index is 1.35. The quantitative estimate of drug-likeness (QED) is 0.890.